The van der Waals surface area contributed by atoms with Gasteiger partial charge < -0.3 is 0 Å². The highest BCUT2D eigenvalue weighted by Gasteiger charge is 2.15. The Bertz CT molecular complexity index is 631. The van der Waals surface area contributed by atoms with Gasteiger partial charge in [-0.3, -0.25) is 10.1 Å². The summed E-state index contributed by atoms with van der Waals surface area (Å²) in [4.78, 5) is 9.73. The lowest BCUT2D eigenvalue weighted by molar-refractivity contribution is -0.387. The van der Waals surface area contributed by atoms with E-state index in [1.807, 2.05) is 0 Å². The van der Waals surface area contributed by atoms with Crippen molar-refractivity contribution < 1.29 is 9.31 Å². The van der Waals surface area contributed by atoms with E-state index >= 15 is 0 Å². The molecule has 0 atom stereocenters. The summed E-state index contributed by atoms with van der Waals surface area (Å²) in [5.41, 5.74) is 0.457. The van der Waals surface area contributed by atoms with Crippen LogP contribution >= 0.6 is 23.2 Å². The van der Waals surface area contributed by atoms with Gasteiger partial charge in [-0.15, -0.1) is 0 Å². The van der Waals surface area contributed by atoms with Crippen molar-refractivity contribution in [3.8, 4) is 11.1 Å². The van der Waals surface area contributed by atoms with Crippen LogP contribution in [0.15, 0.2) is 36.4 Å². The van der Waals surface area contributed by atoms with Gasteiger partial charge in [0.05, 0.1) is 4.92 Å². The quantitative estimate of drug-likeness (QED) is 0.592. The summed E-state index contributed by atoms with van der Waals surface area (Å²) in [7, 11) is 0. The van der Waals surface area contributed by atoms with Crippen molar-refractivity contribution in [3.05, 3.63) is 62.4 Å². The first-order valence-electron chi connectivity index (χ1n) is 4.88. The maximum Gasteiger partial charge on any atom is 0.304 e. The topological polar surface area (TPSA) is 43.1 Å². The first-order valence-corrected chi connectivity index (χ1v) is 5.64. The highest BCUT2D eigenvalue weighted by Crippen LogP contribution is 2.32. The van der Waals surface area contributed by atoms with E-state index in [2.05, 4.69) is 0 Å². The van der Waals surface area contributed by atoms with Crippen molar-refractivity contribution in [2.45, 2.75) is 0 Å². The van der Waals surface area contributed by atoms with Gasteiger partial charge >= 0.3 is 5.69 Å². The highest BCUT2D eigenvalue weighted by molar-refractivity contribution is 6.36. The molecule has 0 saturated heterocycles. The lowest BCUT2D eigenvalue weighted by Gasteiger charge is -2.05. The van der Waals surface area contributed by atoms with Gasteiger partial charge in [-0.05, 0) is 29.8 Å². The molecule has 3 nitrogen and oxygen atoms in total. The molecule has 2 aromatic rings. The highest BCUT2D eigenvalue weighted by atomic mass is 35.5. The SMILES string of the molecule is O=[N+]([O-])c1ccc(-c2ccc(Cl)cc2Cl)cc1F. The van der Waals surface area contributed by atoms with Gasteiger partial charge in [0.1, 0.15) is 0 Å². The molecule has 0 N–H and O–H groups in total. The van der Waals surface area contributed by atoms with Gasteiger partial charge in [0, 0.05) is 21.7 Å². The summed E-state index contributed by atoms with van der Waals surface area (Å²) in [6, 6.07) is 8.39. The summed E-state index contributed by atoms with van der Waals surface area (Å²) in [6.45, 7) is 0. The monoisotopic (exact) mass is 285 g/mol. The first kappa shape index (κ1) is 12.8. The molecule has 2 aromatic carbocycles. The van der Waals surface area contributed by atoms with E-state index in [4.69, 9.17) is 23.2 Å². The molecule has 0 amide bonds. The molecule has 2 rings (SSSR count). The molecular formula is C12H6Cl2FNO2. The third kappa shape index (κ3) is 2.44. The maximum absolute atomic E-state index is 13.5. The Morgan fingerprint density at radius 2 is 1.83 bits per heavy atom. The minimum atomic E-state index is -0.900. The van der Waals surface area contributed by atoms with Crippen LogP contribution in [-0.4, -0.2) is 4.92 Å². The molecule has 0 aromatic heterocycles. The fourth-order valence-electron chi connectivity index (χ4n) is 1.55. The normalized spacial score (nSPS) is 10.4. The number of hydrogen-bond donors (Lipinski definition) is 0. The van der Waals surface area contributed by atoms with Crippen LogP contribution in [0.25, 0.3) is 11.1 Å². The molecule has 0 aliphatic carbocycles. The maximum atomic E-state index is 13.5. The number of benzene rings is 2. The van der Waals surface area contributed by atoms with Gasteiger partial charge in [0.25, 0.3) is 0 Å². The average molecular weight is 286 g/mol. The van der Waals surface area contributed by atoms with Crippen LogP contribution in [-0.2, 0) is 0 Å². The molecule has 0 spiro atoms. The molecule has 0 heterocycles. The van der Waals surface area contributed by atoms with Crippen molar-refractivity contribution in [3.63, 3.8) is 0 Å². The predicted molar refractivity (Wildman–Crippen MR) is 68.5 cm³/mol. The predicted octanol–water partition coefficient (Wildman–Crippen LogP) is 4.71. The number of nitro benzene ring substituents is 1. The largest absolute Gasteiger partial charge is 0.304 e. The van der Waals surface area contributed by atoms with E-state index in [0.717, 1.165) is 12.1 Å². The third-order valence-corrected chi connectivity index (χ3v) is 2.93. The van der Waals surface area contributed by atoms with E-state index in [-0.39, 0.29) is 0 Å². The summed E-state index contributed by atoms with van der Waals surface area (Å²) in [5, 5.41) is 11.3. The lowest BCUT2D eigenvalue weighted by Crippen LogP contribution is -1.92. The molecule has 0 radical (unpaired) electrons. The molecule has 0 aliphatic heterocycles. The fraction of sp³-hybridized carbons (Fsp3) is 0. The molecule has 92 valence electrons. The van der Waals surface area contributed by atoms with Crippen LogP contribution < -0.4 is 0 Å². The third-order valence-electron chi connectivity index (χ3n) is 2.39. The zero-order chi connectivity index (χ0) is 13.3. The van der Waals surface area contributed by atoms with Gasteiger partial charge in [0.15, 0.2) is 0 Å². The van der Waals surface area contributed by atoms with Crippen molar-refractivity contribution >= 4 is 28.9 Å². The van der Waals surface area contributed by atoms with Gasteiger partial charge in [-0.25, -0.2) is 0 Å². The second-order valence-corrected chi connectivity index (χ2v) is 4.39. The Kier molecular flexibility index (Phi) is 3.50. The number of halogens is 3. The van der Waals surface area contributed by atoms with E-state index in [0.29, 0.717) is 21.2 Å². The Labute approximate surface area is 112 Å². The summed E-state index contributed by atoms with van der Waals surface area (Å²) in [5.74, 6) is -0.900. The zero-order valence-corrected chi connectivity index (χ0v) is 10.4. The molecule has 6 heteroatoms. The average Bonchev–Trinajstić information content (AvgIpc) is 2.28. The zero-order valence-electron chi connectivity index (χ0n) is 8.86. The number of nitro groups is 1. The number of rotatable bonds is 2. The van der Waals surface area contributed by atoms with Crippen LogP contribution in [0.5, 0.6) is 0 Å². The number of nitrogens with zero attached hydrogens (tertiary/aromatic N) is 1. The number of hydrogen-bond acceptors (Lipinski definition) is 2. The van der Waals surface area contributed by atoms with E-state index < -0.39 is 16.4 Å². The Morgan fingerprint density at radius 3 is 2.39 bits per heavy atom. The molecule has 0 aliphatic rings. The summed E-state index contributed by atoms with van der Waals surface area (Å²) >= 11 is 11.7. The lowest BCUT2D eigenvalue weighted by atomic mass is 10.1. The molecule has 0 bridgehead atoms. The second-order valence-electron chi connectivity index (χ2n) is 3.55. The molecular weight excluding hydrogens is 280 g/mol. The second kappa shape index (κ2) is 4.92. The molecule has 0 fully saturated rings. The summed E-state index contributed by atoms with van der Waals surface area (Å²) < 4.78 is 13.5. The van der Waals surface area contributed by atoms with Crippen LogP contribution in [0, 0.1) is 15.9 Å². The molecule has 0 saturated carbocycles. The summed E-state index contributed by atoms with van der Waals surface area (Å²) in [6.07, 6.45) is 0. The first-order chi connectivity index (χ1) is 8.49. The Morgan fingerprint density at radius 1 is 1.11 bits per heavy atom. The van der Waals surface area contributed by atoms with Crippen LogP contribution in [0.3, 0.4) is 0 Å². The van der Waals surface area contributed by atoms with E-state index in [1.54, 1.807) is 12.1 Å². The van der Waals surface area contributed by atoms with Gasteiger partial charge in [-0.1, -0.05) is 29.3 Å². The fourth-order valence-corrected chi connectivity index (χ4v) is 2.06. The van der Waals surface area contributed by atoms with Crippen LogP contribution in [0.1, 0.15) is 0 Å². The molecule has 18 heavy (non-hydrogen) atoms. The molecule has 0 unspecified atom stereocenters. The van der Waals surface area contributed by atoms with E-state index in [9.17, 15) is 14.5 Å². The van der Waals surface area contributed by atoms with Gasteiger partial charge in [0.2, 0.25) is 5.82 Å². The van der Waals surface area contributed by atoms with E-state index in [1.165, 1.54) is 12.1 Å². The van der Waals surface area contributed by atoms with Crippen LogP contribution in [0.2, 0.25) is 10.0 Å². The Balaban J connectivity index is 2.52. The van der Waals surface area contributed by atoms with Crippen LogP contribution in [0.4, 0.5) is 10.1 Å². The Hall–Kier alpha value is -1.65. The minimum Gasteiger partial charge on any atom is -0.258 e. The minimum absolute atomic E-state index is 0.357. The van der Waals surface area contributed by atoms with Crippen molar-refractivity contribution in [2.75, 3.05) is 0 Å². The van der Waals surface area contributed by atoms with Crippen molar-refractivity contribution in [2.24, 2.45) is 0 Å². The van der Waals surface area contributed by atoms with Gasteiger partial charge in [-0.2, -0.15) is 4.39 Å². The smallest absolute Gasteiger partial charge is 0.258 e. The van der Waals surface area contributed by atoms with Crippen molar-refractivity contribution in [1.82, 2.24) is 0 Å². The standard InChI is InChI=1S/C12H6Cl2FNO2/c13-8-2-3-9(10(14)6-8)7-1-4-12(16(17)18)11(15)5-7/h1-6H. The van der Waals surface area contributed by atoms with Crippen molar-refractivity contribution in [1.29, 1.82) is 0 Å².